The third kappa shape index (κ3) is 3.98. The van der Waals surface area contributed by atoms with Gasteiger partial charge in [0.2, 0.25) is 0 Å². The minimum Gasteiger partial charge on any atom is -0.333 e. The molecule has 0 saturated carbocycles. The number of para-hydroxylation sites is 2. The van der Waals surface area contributed by atoms with E-state index in [0.29, 0.717) is 0 Å². The van der Waals surface area contributed by atoms with Crippen molar-refractivity contribution in [2.45, 2.75) is 31.0 Å². The second-order valence-electron chi connectivity index (χ2n) is 4.33. The largest absolute Gasteiger partial charge is 0.333 e. The van der Waals surface area contributed by atoms with Gasteiger partial charge in [0.05, 0.1) is 23.1 Å². The summed E-state index contributed by atoms with van der Waals surface area (Å²) in [4.78, 5) is 7.78. The average Bonchev–Trinajstić information content (AvgIpc) is 2.85. The molecule has 0 saturated heterocycles. The summed E-state index contributed by atoms with van der Waals surface area (Å²) < 4.78 is 0. The quantitative estimate of drug-likeness (QED) is 0.762. The zero-order chi connectivity index (χ0) is 13.5. The molecular formula is C14H18N4S. The Kier molecular flexibility index (Phi) is 5.25. The lowest BCUT2D eigenvalue weighted by molar-refractivity contribution is 0.585. The van der Waals surface area contributed by atoms with E-state index < -0.39 is 0 Å². The molecule has 1 unspecified atom stereocenters. The summed E-state index contributed by atoms with van der Waals surface area (Å²) in [6.07, 6.45) is 1.88. The van der Waals surface area contributed by atoms with Gasteiger partial charge < -0.3 is 10.3 Å². The summed E-state index contributed by atoms with van der Waals surface area (Å²) in [5.41, 5.74) is 2.05. The van der Waals surface area contributed by atoms with Crippen LogP contribution in [0.25, 0.3) is 11.0 Å². The number of nitrogens with zero attached hydrogens (tertiary/aromatic N) is 2. The molecule has 0 radical (unpaired) electrons. The van der Waals surface area contributed by atoms with Crippen molar-refractivity contribution in [3.63, 3.8) is 0 Å². The average molecular weight is 274 g/mol. The minimum absolute atomic E-state index is 0.0585. The number of imidazole rings is 1. The molecule has 1 atom stereocenters. The zero-order valence-corrected chi connectivity index (χ0v) is 11.8. The highest BCUT2D eigenvalue weighted by atomic mass is 32.2. The van der Waals surface area contributed by atoms with E-state index >= 15 is 0 Å². The number of nitrogens with one attached hydrogen (secondary N) is 2. The Bertz CT molecular complexity index is 525. The van der Waals surface area contributed by atoms with Gasteiger partial charge in [0.25, 0.3) is 0 Å². The fourth-order valence-electron chi connectivity index (χ4n) is 1.80. The second-order valence-corrected chi connectivity index (χ2v) is 5.42. The Morgan fingerprint density at radius 2 is 2.32 bits per heavy atom. The third-order valence-corrected chi connectivity index (χ3v) is 3.72. The minimum atomic E-state index is -0.0585. The maximum atomic E-state index is 9.02. The summed E-state index contributed by atoms with van der Waals surface area (Å²) in [5.74, 6) is 0.884. The van der Waals surface area contributed by atoms with Crippen LogP contribution in [0.3, 0.4) is 0 Å². The first-order valence-electron chi connectivity index (χ1n) is 6.54. The molecule has 0 aliphatic rings. The van der Waals surface area contributed by atoms with Crippen LogP contribution >= 0.6 is 11.8 Å². The van der Waals surface area contributed by atoms with E-state index in [9.17, 15) is 0 Å². The van der Waals surface area contributed by atoms with Crippen molar-refractivity contribution in [2.24, 2.45) is 0 Å². The summed E-state index contributed by atoms with van der Waals surface area (Å²) in [7, 11) is 0. The predicted octanol–water partition coefficient (Wildman–Crippen LogP) is 2.94. The number of aromatic nitrogens is 2. The lowest BCUT2D eigenvalue weighted by atomic mass is 10.2. The summed E-state index contributed by atoms with van der Waals surface area (Å²) in [5, 5.41) is 13.2. The van der Waals surface area contributed by atoms with E-state index in [2.05, 4.69) is 28.3 Å². The van der Waals surface area contributed by atoms with Crippen molar-refractivity contribution in [3.05, 3.63) is 24.3 Å². The van der Waals surface area contributed by atoms with Crippen LogP contribution in [-0.2, 0) is 0 Å². The Morgan fingerprint density at radius 3 is 3.05 bits per heavy atom. The van der Waals surface area contributed by atoms with Crippen molar-refractivity contribution in [3.8, 4) is 6.07 Å². The van der Waals surface area contributed by atoms with Gasteiger partial charge in [-0.25, -0.2) is 4.98 Å². The smallest absolute Gasteiger partial charge is 0.166 e. The number of H-pyrrole nitrogens is 1. The maximum absolute atomic E-state index is 9.02. The number of fused-ring (bicyclic) bond motifs is 1. The summed E-state index contributed by atoms with van der Waals surface area (Å²) in [6.45, 7) is 3.00. The Labute approximate surface area is 117 Å². The molecule has 2 aromatic rings. The highest BCUT2D eigenvalue weighted by Gasteiger charge is 2.07. The number of benzene rings is 1. The second kappa shape index (κ2) is 7.17. The molecule has 1 heterocycles. The van der Waals surface area contributed by atoms with Crippen LogP contribution in [0.5, 0.6) is 0 Å². The Morgan fingerprint density at radius 1 is 1.47 bits per heavy atom. The number of hydrogen-bond donors (Lipinski definition) is 2. The molecule has 2 N–H and O–H groups in total. The molecule has 0 spiro atoms. The van der Waals surface area contributed by atoms with E-state index in [1.807, 2.05) is 24.3 Å². The molecule has 1 aromatic carbocycles. The van der Waals surface area contributed by atoms with E-state index in [0.717, 1.165) is 41.3 Å². The van der Waals surface area contributed by atoms with E-state index in [1.165, 1.54) is 0 Å². The molecule has 100 valence electrons. The Hall–Kier alpha value is -1.51. The van der Waals surface area contributed by atoms with Crippen LogP contribution in [0.1, 0.15) is 19.8 Å². The lowest BCUT2D eigenvalue weighted by Gasteiger charge is -2.09. The van der Waals surface area contributed by atoms with Gasteiger partial charge in [-0.05, 0) is 31.5 Å². The summed E-state index contributed by atoms with van der Waals surface area (Å²) in [6, 6.07) is 10.2. The number of aromatic amines is 1. The van der Waals surface area contributed by atoms with Gasteiger partial charge >= 0.3 is 0 Å². The maximum Gasteiger partial charge on any atom is 0.166 e. The number of thioether (sulfide) groups is 1. The SMILES string of the molecule is CCCNC(C#N)CCSc1nc2ccccc2[nH]1. The predicted molar refractivity (Wildman–Crippen MR) is 79.1 cm³/mol. The number of rotatable bonds is 7. The monoisotopic (exact) mass is 274 g/mol. The first-order chi connectivity index (χ1) is 9.33. The molecule has 0 aliphatic carbocycles. The summed E-state index contributed by atoms with van der Waals surface area (Å²) >= 11 is 1.67. The first kappa shape index (κ1) is 13.9. The molecule has 0 bridgehead atoms. The van der Waals surface area contributed by atoms with Crippen molar-refractivity contribution >= 4 is 22.8 Å². The van der Waals surface area contributed by atoms with Gasteiger partial charge in [0.15, 0.2) is 5.16 Å². The van der Waals surface area contributed by atoms with Crippen LogP contribution in [0, 0.1) is 11.3 Å². The molecule has 19 heavy (non-hydrogen) atoms. The fourth-order valence-corrected chi connectivity index (χ4v) is 2.69. The third-order valence-electron chi connectivity index (χ3n) is 2.81. The zero-order valence-electron chi connectivity index (χ0n) is 11.0. The molecule has 4 nitrogen and oxygen atoms in total. The van der Waals surface area contributed by atoms with Crippen molar-refractivity contribution < 1.29 is 0 Å². The highest BCUT2D eigenvalue weighted by Crippen LogP contribution is 2.20. The fraction of sp³-hybridized carbons (Fsp3) is 0.429. The molecule has 2 rings (SSSR count). The molecule has 0 aliphatic heterocycles. The van der Waals surface area contributed by atoms with E-state index in [1.54, 1.807) is 11.8 Å². The van der Waals surface area contributed by atoms with Crippen LogP contribution in [-0.4, -0.2) is 28.3 Å². The van der Waals surface area contributed by atoms with Gasteiger partial charge in [0, 0.05) is 5.75 Å². The van der Waals surface area contributed by atoms with Gasteiger partial charge in [-0.2, -0.15) is 5.26 Å². The topological polar surface area (TPSA) is 64.5 Å². The highest BCUT2D eigenvalue weighted by molar-refractivity contribution is 7.99. The van der Waals surface area contributed by atoms with E-state index in [-0.39, 0.29) is 6.04 Å². The molecule has 0 amide bonds. The number of hydrogen-bond acceptors (Lipinski definition) is 4. The van der Waals surface area contributed by atoms with Crippen LogP contribution in [0.2, 0.25) is 0 Å². The van der Waals surface area contributed by atoms with Gasteiger partial charge in [-0.3, -0.25) is 0 Å². The van der Waals surface area contributed by atoms with Crippen molar-refractivity contribution in [1.82, 2.24) is 15.3 Å². The van der Waals surface area contributed by atoms with Gasteiger partial charge in [-0.1, -0.05) is 30.8 Å². The van der Waals surface area contributed by atoms with Crippen LogP contribution in [0.15, 0.2) is 29.4 Å². The van der Waals surface area contributed by atoms with Gasteiger partial charge in [-0.15, -0.1) is 0 Å². The normalized spacial score (nSPS) is 12.4. The molecular weight excluding hydrogens is 256 g/mol. The molecule has 5 heteroatoms. The Balaban J connectivity index is 1.83. The molecule has 0 fully saturated rings. The van der Waals surface area contributed by atoms with Crippen molar-refractivity contribution in [2.75, 3.05) is 12.3 Å². The van der Waals surface area contributed by atoms with Crippen LogP contribution < -0.4 is 5.32 Å². The number of nitriles is 1. The van der Waals surface area contributed by atoms with E-state index in [4.69, 9.17) is 5.26 Å². The van der Waals surface area contributed by atoms with Gasteiger partial charge in [0.1, 0.15) is 0 Å². The lowest BCUT2D eigenvalue weighted by Crippen LogP contribution is -2.28. The van der Waals surface area contributed by atoms with Crippen molar-refractivity contribution in [1.29, 1.82) is 5.26 Å². The molecule has 1 aromatic heterocycles. The van der Waals surface area contributed by atoms with Crippen LogP contribution in [0.4, 0.5) is 0 Å². The first-order valence-corrected chi connectivity index (χ1v) is 7.52. The standard InChI is InChI=1S/C14H18N4S/c1-2-8-16-11(10-15)7-9-19-14-17-12-5-3-4-6-13(12)18-14/h3-6,11,16H,2,7-9H2,1H3,(H,17,18).